The highest BCUT2D eigenvalue weighted by Crippen LogP contribution is 2.18. The van der Waals surface area contributed by atoms with E-state index in [4.69, 9.17) is 10.00 Å². The molecule has 96 valence electrons. The van der Waals surface area contributed by atoms with Gasteiger partial charge in [0.05, 0.1) is 19.5 Å². The molecule has 1 aromatic carbocycles. The van der Waals surface area contributed by atoms with Gasteiger partial charge in [-0.1, -0.05) is 30.3 Å². The maximum Gasteiger partial charge on any atom is 0.185 e. The minimum atomic E-state index is 0.298. The van der Waals surface area contributed by atoms with E-state index in [1.807, 2.05) is 47.9 Å². The van der Waals surface area contributed by atoms with Gasteiger partial charge in [0.1, 0.15) is 6.07 Å². The molecule has 5 nitrogen and oxygen atoms in total. The topological polar surface area (TPSA) is 63.2 Å². The lowest BCUT2D eigenvalue weighted by atomic mass is 10.2. The lowest BCUT2D eigenvalue weighted by Gasteiger charge is -2.04. The first kappa shape index (κ1) is 12.8. The Labute approximate surface area is 111 Å². The lowest BCUT2D eigenvalue weighted by molar-refractivity contribution is 0.343. The van der Waals surface area contributed by atoms with Gasteiger partial charge in [-0.25, -0.2) is 4.98 Å². The third-order valence-electron chi connectivity index (χ3n) is 2.53. The first-order chi connectivity index (χ1) is 9.35. The summed E-state index contributed by atoms with van der Waals surface area (Å²) in [5.74, 6) is 0.514. The van der Waals surface area contributed by atoms with Crippen molar-refractivity contribution in [3.05, 3.63) is 47.9 Å². The van der Waals surface area contributed by atoms with Crippen LogP contribution in [0, 0.1) is 11.3 Å². The third kappa shape index (κ3) is 3.19. The van der Waals surface area contributed by atoms with Crippen LogP contribution in [0.1, 0.15) is 18.2 Å². The fraction of sp³-hybridized carbons (Fsp3) is 0.214. The largest absolute Gasteiger partial charge is 0.483 e. The van der Waals surface area contributed by atoms with Gasteiger partial charge in [0.15, 0.2) is 17.9 Å². The molecule has 19 heavy (non-hydrogen) atoms. The van der Waals surface area contributed by atoms with Gasteiger partial charge in [-0.15, -0.1) is 0 Å². The van der Waals surface area contributed by atoms with Crippen molar-refractivity contribution < 1.29 is 4.74 Å². The van der Waals surface area contributed by atoms with Gasteiger partial charge in [0.25, 0.3) is 0 Å². The predicted molar refractivity (Wildman–Crippen MR) is 72.3 cm³/mol. The zero-order chi connectivity index (χ0) is 13.5. The van der Waals surface area contributed by atoms with Crippen LogP contribution in [0.25, 0.3) is 0 Å². The average Bonchev–Trinajstić information content (AvgIpc) is 2.83. The van der Waals surface area contributed by atoms with Crippen LogP contribution in [0.3, 0.4) is 0 Å². The average molecular weight is 254 g/mol. The van der Waals surface area contributed by atoms with Crippen LogP contribution in [-0.4, -0.2) is 22.6 Å². The molecule has 0 aliphatic rings. The summed E-state index contributed by atoms with van der Waals surface area (Å²) in [4.78, 5) is 8.20. The second-order valence-corrected chi connectivity index (χ2v) is 3.83. The van der Waals surface area contributed by atoms with Crippen molar-refractivity contribution in [2.75, 3.05) is 6.61 Å². The monoisotopic (exact) mass is 254 g/mol. The Kier molecular flexibility index (Phi) is 4.29. The smallest absolute Gasteiger partial charge is 0.185 e. The fourth-order valence-corrected chi connectivity index (χ4v) is 1.65. The summed E-state index contributed by atoms with van der Waals surface area (Å²) in [6.07, 6.45) is 2.96. The molecular formula is C14H14N4O. The van der Waals surface area contributed by atoms with E-state index in [1.54, 1.807) is 6.33 Å². The first-order valence-electron chi connectivity index (χ1n) is 5.98. The molecule has 0 spiro atoms. The van der Waals surface area contributed by atoms with Gasteiger partial charge in [-0.3, -0.25) is 0 Å². The van der Waals surface area contributed by atoms with Crippen molar-refractivity contribution in [3.8, 4) is 6.07 Å². The van der Waals surface area contributed by atoms with E-state index < -0.39 is 0 Å². The summed E-state index contributed by atoms with van der Waals surface area (Å²) in [5.41, 5.74) is 1.42. The number of benzene rings is 1. The lowest BCUT2D eigenvalue weighted by Crippen LogP contribution is -1.98. The van der Waals surface area contributed by atoms with Crippen molar-refractivity contribution in [2.24, 2.45) is 4.99 Å². The van der Waals surface area contributed by atoms with Gasteiger partial charge in [0.2, 0.25) is 0 Å². The number of aromatic nitrogens is 2. The number of rotatable bonds is 5. The summed E-state index contributed by atoms with van der Waals surface area (Å²) in [7, 11) is 0. The molecule has 0 atom stereocenters. The van der Waals surface area contributed by atoms with Gasteiger partial charge in [-0.05, 0) is 12.5 Å². The first-order valence-corrected chi connectivity index (χ1v) is 5.98. The highest BCUT2D eigenvalue weighted by molar-refractivity contribution is 5.57. The molecule has 1 aromatic heterocycles. The Hall–Kier alpha value is -2.61. The van der Waals surface area contributed by atoms with Crippen molar-refractivity contribution >= 4 is 12.2 Å². The Morgan fingerprint density at radius 2 is 2.21 bits per heavy atom. The molecule has 0 saturated carbocycles. The Balaban J connectivity index is 2.26. The minimum Gasteiger partial charge on any atom is -0.483 e. The molecule has 0 amide bonds. The zero-order valence-corrected chi connectivity index (χ0v) is 10.7. The van der Waals surface area contributed by atoms with Crippen molar-refractivity contribution in [1.82, 2.24) is 9.55 Å². The van der Waals surface area contributed by atoms with Crippen LogP contribution >= 0.6 is 0 Å². The predicted octanol–water partition coefficient (Wildman–Crippen LogP) is 2.50. The summed E-state index contributed by atoms with van der Waals surface area (Å²) >= 11 is 0. The molecule has 0 fully saturated rings. The van der Waals surface area contributed by atoms with E-state index in [-0.39, 0.29) is 0 Å². The molecule has 0 N–H and O–H groups in total. The number of nitriles is 1. The highest BCUT2D eigenvalue weighted by Gasteiger charge is 2.09. The molecular weight excluding hydrogens is 240 g/mol. The number of hydrogen-bond donors (Lipinski definition) is 0. The van der Waals surface area contributed by atoms with E-state index >= 15 is 0 Å². The highest BCUT2D eigenvalue weighted by atomic mass is 16.5. The van der Waals surface area contributed by atoms with Crippen LogP contribution < -0.4 is 0 Å². The molecule has 5 heteroatoms. The molecule has 0 radical (unpaired) electrons. The van der Waals surface area contributed by atoms with Gasteiger partial charge >= 0.3 is 0 Å². The number of imidazole rings is 1. The minimum absolute atomic E-state index is 0.298. The second-order valence-electron chi connectivity index (χ2n) is 3.83. The Bertz CT molecular complexity index is 596. The zero-order valence-electron chi connectivity index (χ0n) is 10.7. The van der Waals surface area contributed by atoms with Crippen LogP contribution in [0.2, 0.25) is 0 Å². The van der Waals surface area contributed by atoms with Crippen LogP contribution in [-0.2, 0) is 11.3 Å². The number of ether oxygens (including phenoxy) is 1. The number of nitrogens with zero attached hydrogens (tertiary/aromatic N) is 4. The summed E-state index contributed by atoms with van der Waals surface area (Å²) < 4.78 is 6.89. The van der Waals surface area contributed by atoms with Crippen molar-refractivity contribution in [2.45, 2.75) is 13.5 Å². The summed E-state index contributed by atoms with van der Waals surface area (Å²) in [6, 6.07) is 12.0. The number of aliphatic imine (C=N–C) groups is 1. The van der Waals surface area contributed by atoms with E-state index in [9.17, 15) is 0 Å². The van der Waals surface area contributed by atoms with Crippen molar-refractivity contribution in [1.29, 1.82) is 5.26 Å². The van der Waals surface area contributed by atoms with Gasteiger partial charge in [0, 0.05) is 0 Å². The molecule has 0 unspecified atom stereocenters. The molecule has 2 aromatic rings. The molecule has 0 aliphatic heterocycles. The SMILES string of the molecule is CCO/C=N/c1c(C#N)ncn1Cc1ccccc1. The quantitative estimate of drug-likeness (QED) is 0.608. The molecule has 0 bridgehead atoms. The molecule has 2 rings (SSSR count). The van der Waals surface area contributed by atoms with Gasteiger partial charge < -0.3 is 9.30 Å². The fourth-order valence-electron chi connectivity index (χ4n) is 1.65. The van der Waals surface area contributed by atoms with E-state index in [1.165, 1.54) is 6.40 Å². The van der Waals surface area contributed by atoms with E-state index in [0.717, 1.165) is 5.56 Å². The van der Waals surface area contributed by atoms with Crippen molar-refractivity contribution in [3.63, 3.8) is 0 Å². The third-order valence-corrected chi connectivity index (χ3v) is 2.53. The Morgan fingerprint density at radius 3 is 2.89 bits per heavy atom. The standard InChI is InChI=1S/C14H14N4O/c1-2-19-11-17-14-13(8-15)16-10-18(14)9-12-6-4-3-5-7-12/h3-7,10-11H,2,9H2,1H3/b17-11+. The summed E-state index contributed by atoms with van der Waals surface area (Å²) in [5, 5.41) is 9.01. The Morgan fingerprint density at radius 1 is 1.42 bits per heavy atom. The maximum atomic E-state index is 9.01. The second kappa shape index (κ2) is 6.36. The van der Waals surface area contributed by atoms with E-state index in [0.29, 0.717) is 24.7 Å². The number of hydrogen-bond acceptors (Lipinski definition) is 4. The molecule has 0 saturated heterocycles. The summed E-state index contributed by atoms with van der Waals surface area (Å²) in [6.45, 7) is 3.03. The molecule has 0 aliphatic carbocycles. The molecule has 1 heterocycles. The van der Waals surface area contributed by atoms with Crippen LogP contribution in [0.4, 0.5) is 5.82 Å². The van der Waals surface area contributed by atoms with Gasteiger partial charge in [-0.2, -0.15) is 10.3 Å². The normalized spacial score (nSPS) is 10.5. The van der Waals surface area contributed by atoms with E-state index in [2.05, 4.69) is 9.98 Å². The maximum absolute atomic E-state index is 9.01. The van der Waals surface area contributed by atoms with Crippen LogP contribution in [0.5, 0.6) is 0 Å². The van der Waals surface area contributed by atoms with Crippen LogP contribution in [0.15, 0.2) is 41.7 Å².